The van der Waals surface area contributed by atoms with Crippen LogP contribution < -0.4 is 5.32 Å². The summed E-state index contributed by atoms with van der Waals surface area (Å²) in [6.45, 7) is 9.77. The van der Waals surface area contributed by atoms with Gasteiger partial charge < -0.3 is 5.32 Å². The molecule has 0 saturated carbocycles. The number of sulfonamides is 1. The van der Waals surface area contributed by atoms with E-state index >= 15 is 0 Å². The lowest BCUT2D eigenvalue weighted by atomic mass is 9.96. The third kappa shape index (κ3) is 4.70. The van der Waals surface area contributed by atoms with E-state index in [9.17, 15) is 23.3 Å². The van der Waals surface area contributed by atoms with Gasteiger partial charge in [-0.05, 0) is 50.7 Å². The fraction of sp³-hybridized carbons (Fsp3) is 0.632. The summed E-state index contributed by atoms with van der Waals surface area (Å²) in [6, 6.07) is 2.56. The highest BCUT2D eigenvalue weighted by molar-refractivity contribution is 7.89. The van der Waals surface area contributed by atoms with Crippen LogP contribution in [0.3, 0.4) is 0 Å². The largest absolute Gasteiger partial charge is 0.353 e. The number of nitro benzene ring substituents is 1. The monoisotopic (exact) mass is 411 g/mol. The smallest absolute Gasteiger partial charge is 0.271 e. The van der Waals surface area contributed by atoms with Crippen molar-refractivity contribution >= 4 is 21.6 Å². The Hall–Kier alpha value is -2.00. The molecule has 0 radical (unpaired) electrons. The molecule has 156 valence electrons. The molecule has 0 aliphatic carbocycles. The number of aryl methyl sites for hydroxylation is 1. The molecule has 0 aromatic heterocycles. The Balaban J connectivity index is 2.16. The summed E-state index contributed by atoms with van der Waals surface area (Å²) < 4.78 is 27.5. The standard InChI is InChI=1S/C19H29N3O5S/c1-12(2)15(5)20-19(23)16-6-8-21(9-7-16)28(26,27)18-11-17(22(24)25)10-13(3)14(18)4/h10-12,15-16H,6-9H2,1-5H3,(H,20,23). The number of nitrogens with zero attached hydrogens (tertiary/aromatic N) is 2. The van der Waals surface area contributed by atoms with Crippen molar-refractivity contribution in [3.05, 3.63) is 33.4 Å². The summed E-state index contributed by atoms with van der Waals surface area (Å²) in [4.78, 5) is 22.9. The Bertz CT molecular complexity index is 859. The maximum Gasteiger partial charge on any atom is 0.271 e. The number of nitro groups is 1. The maximum atomic E-state index is 13.1. The van der Waals surface area contributed by atoms with Crippen LogP contribution in [-0.2, 0) is 14.8 Å². The van der Waals surface area contributed by atoms with Crippen molar-refractivity contribution < 1.29 is 18.1 Å². The van der Waals surface area contributed by atoms with Crippen LogP contribution in [-0.4, -0.2) is 42.7 Å². The van der Waals surface area contributed by atoms with Crippen LogP contribution in [0.5, 0.6) is 0 Å². The van der Waals surface area contributed by atoms with E-state index < -0.39 is 14.9 Å². The average Bonchev–Trinajstić information content (AvgIpc) is 2.63. The second-order valence-corrected chi connectivity index (χ2v) is 9.77. The van der Waals surface area contributed by atoms with Crippen LogP contribution in [0.2, 0.25) is 0 Å². The van der Waals surface area contributed by atoms with Crippen molar-refractivity contribution in [2.75, 3.05) is 13.1 Å². The van der Waals surface area contributed by atoms with Gasteiger partial charge in [-0.15, -0.1) is 0 Å². The molecule has 28 heavy (non-hydrogen) atoms. The van der Waals surface area contributed by atoms with E-state index in [1.807, 2.05) is 20.8 Å². The second-order valence-electron chi connectivity index (χ2n) is 7.86. The van der Waals surface area contributed by atoms with Crippen LogP contribution in [0.25, 0.3) is 0 Å². The van der Waals surface area contributed by atoms with Gasteiger partial charge in [0.15, 0.2) is 0 Å². The van der Waals surface area contributed by atoms with E-state index in [1.54, 1.807) is 13.8 Å². The molecule has 1 atom stereocenters. The van der Waals surface area contributed by atoms with Crippen molar-refractivity contribution in [1.82, 2.24) is 9.62 Å². The molecule has 1 N–H and O–H groups in total. The molecule has 1 aromatic carbocycles. The van der Waals surface area contributed by atoms with Gasteiger partial charge in [-0.3, -0.25) is 14.9 Å². The lowest BCUT2D eigenvalue weighted by Gasteiger charge is -2.32. The lowest BCUT2D eigenvalue weighted by Crippen LogP contribution is -2.45. The first-order valence-corrected chi connectivity index (χ1v) is 10.9. The summed E-state index contributed by atoms with van der Waals surface area (Å²) in [6.07, 6.45) is 0.867. The van der Waals surface area contributed by atoms with Crippen molar-refractivity contribution in [1.29, 1.82) is 0 Å². The van der Waals surface area contributed by atoms with Crippen molar-refractivity contribution in [2.45, 2.75) is 58.4 Å². The molecule has 1 fully saturated rings. The molecule has 1 saturated heterocycles. The molecule has 1 aromatic rings. The number of rotatable bonds is 6. The zero-order chi connectivity index (χ0) is 21.2. The molecule has 0 bridgehead atoms. The highest BCUT2D eigenvalue weighted by Gasteiger charge is 2.34. The Morgan fingerprint density at radius 2 is 1.79 bits per heavy atom. The number of piperidine rings is 1. The molecule has 1 heterocycles. The molecule has 1 aliphatic heterocycles. The molecule has 1 aliphatic rings. The van der Waals surface area contributed by atoms with Crippen LogP contribution in [0.15, 0.2) is 17.0 Å². The summed E-state index contributed by atoms with van der Waals surface area (Å²) in [7, 11) is -3.86. The number of benzene rings is 1. The van der Waals surface area contributed by atoms with E-state index in [-0.39, 0.29) is 41.5 Å². The number of carbonyl (C=O) groups excluding carboxylic acids is 1. The third-order valence-corrected chi connectivity index (χ3v) is 7.65. The van der Waals surface area contributed by atoms with Gasteiger partial charge in [0.05, 0.1) is 9.82 Å². The van der Waals surface area contributed by atoms with Crippen LogP contribution in [0.4, 0.5) is 5.69 Å². The zero-order valence-electron chi connectivity index (χ0n) is 17.1. The summed E-state index contributed by atoms with van der Waals surface area (Å²) in [5.41, 5.74) is 0.833. The number of hydrogen-bond donors (Lipinski definition) is 1. The topological polar surface area (TPSA) is 110 Å². The van der Waals surface area contributed by atoms with Gasteiger partial charge in [0.1, 0.15) is 0 Å². The Morgan fingerprint density at radius 1 is 1.21 bits per heavy atom. The lowest BCUT2D eigenvalue weighted by molar-refractivity contribution is -0.385. The van der Waals surface area contributed by atoms with Gasteiger partial charge >= 0.3 is 0 Å². The first-order chi connectivity index (χ1) is 12.9. The Morgan fingerprint density at radius 3 is 2.29 bits per heavy atom. The SMILES string of the molecule is Cc1cc([N+](=O)[O-])cc(S(=O)(=O)N2CCC(C(=O)NC(C)C(C)C)CC2)c1C. The Kier molecular flexibility index (Phi) is 6.82. The molecule has 8 nitrogen and oxygen atoms in total. The molecule has 1 amide bonds. The van der Waals surface area contributed by atoms with Crippen molar-refractivity contribution in [3.63, 3.8) is 0 Å². The van der Waals surface area contributed by atoms with E-state index in [4.69, 9.17) is 0 Å². The molecular weight excluding hydrogens is 382 g/mol. The minimum atomic E-state index is -3.86. The fourth-order valence-electron chi connectivity index (χ4n) is 3.19. The van der Waals surface area contributed by atoms with E-state index in [1.165, 1.54) is 10.4 Å². The van der Waals surface area contributed by atoms with Gasteiger partial charge in [0.25, 0.3) is 5.69 Å². The highest BCUT2D eigenvalue weighted by atomic mass is 32.2. The van der Waals surface area contributed by atoms with Crippen molar-refractivity contribution in [2.24, 2.45) is 11.8 Å². The number of hydrogen-bond acceptors (Lipinski definition) is 5. The average molecular weight is 412 g/mol. The fourth-order valence-corrected chi connectivity index (χ4v) is 4.98. The van der Waals surface area contributed by atoms with Gasteiger partial charge in [-0.2, -0.15) is 4.31 Å². The predicted octanol–water partition coefficient (Wildman–Crippen LogP) is 2.77. The molecule has 0 spiro atoms. The number of carbonyl (C=O) groups is 1. The van der Waals surface area contributed by atoms with E-state index in [2.05, 4.69) is 5.32 Å². The predicted molar refractivity (Wildman–Crippen MR) is 106 cm³/mol. The number of nitrogens with one attached hydrogen (secondary N) is 1. The number of non-ortho nitro benzene ring substituents is 1. The molecule has 9 heteroatoms. The third-order valence-electron chi connectivity index (χ3n) is 5.63. The first-order valence-electron chi connectivity index (χ1n) is 9.51. The minimum absolute atomic E-state index is 0.0319. The normalized spacial score (nSPS) is 17.5. The summed E-state index contributed by atoms with van der Waals surface area (Å²) in [5, 5.41) is 14.1. The van der Waals surface area contributed by atoms with Crippen LogP contribution in [0.1, 0.15) is 44.7 Å². The maximum absolute atomic E-state index is 13.1. The molecular formula is C19H29N3O5S. The van der Waals surface area contributed by atoms with Gasteiger partial charge in [0, 0.05) is 37.2 Å². The van der Waals surface area contributed by atoms with Crippen LogP contribution in [0, 0.1) is 35.8 Å². The minimum Gasteiger partial charge on any atom is -0.353 e. The van der Waals surface area contributed by atoms with Crippen molar-refractivity contribution in [3.8, 4) is 0 Å². The van der Waals surface area contributed by atoms with Gasteiger partial charge in [0.2, 0.25) is 15.9 Å². The zero-order valence-corrected chi connectivity index (χ0v) is 17.9. The summed E-state index contributed by atoms with van der Waals surface area (Å²) >= 11 is 0. The van der Waals surface area contributed by atoms with E-state index in [0.717, 1.165) is 6.07 Å². The van der Waals surface area contributed by atoms with E-state index in [0.29, 0.717) is 29.9 Å². The van der Waals surface area contributed by atoms with Gasteiger partial charge in [-0.1, -0.05) is 13.8 Å². The van der Waals surface area contributed by atoms with Crippen LogP contribution >= 0.6 is 0 Å². The summed E-state index contributed by atoms with van der Waals surface area (Å²) in [5.74, 6) is 0.0608. The first kappa shape index (κ1) is 22.3. The molecule has 1 unspecified atom stereocenters. The highest BCUT2D eigenvalue weighted by Crippen LogP contribution is 2.30. The second kappa shape index (κ2) is 8.57. The van der Waals surface area contributed by atoms with Gasteiger partial charge in [-0.25, -0.2) is 8.42 Å². The Labute approximate surface area is 166 Å². The number of amides is 1. The molecule has 2 rings (SSSR count). The quantitative estimate of drug-likeness (QED) is 0.572.